The predicted octanol–water partition coefficient (Wildman–Crippen LogP) is 4.71. The van der Waals surface area contributed by atoms with Gasteiger partial charge < -0.3 is 4.43 Å². The fourth-order valence-corrected chi connectivity index (χ4v) is 2.89. The molecule has 0 atom stereocenters. The van der Waals surface area contributed by atoms with Crippen molar-refractivity contribution in [3.63, 3.8) is 0 Å². The van der Waals surface area contributed by atoms with Crippen LogP contribution in [-0.2, 0) is 11.0 Å². The molecule has 0 spiro atoms. The van der Waals surface area contributed by atoms with Crippen molar-refractivity contribution in [1.29, 1.82) is 0 Å². The van der Waals surface area contributed by atoms with E-state index in [9.17, 15) is 14.5 Å². The fraction of sp³-hybridized carbons (Fsp3) is 0.412. The summed E-state index contributed by atoms with van der Waals surface area (Å²) in [4.78, 5) is 18.5. The second-order valence-electron chi connectivity index (χ2n) is 7.37. The zero-order chi connectivity index (χ0) is 18.8. The van der Waals surface area contributed by atoms with Crippen LogP contribution in [0.2, 0.25) is 18.1 Å². The molecule has 1 aromatic carbocycles. The van der Waals surface area contributed by atoms with E-state index >= 15 is 0 Å². The molecule has 0 unspecified atom stereocenters. The molecular formula is C17H22FN3O3Si. The van der Waals surface area contributed by atoms with Crippen LogP contribution in [0.5, 0.6) is 0 Å². The summed E-state index contributed by atoms with van der Waals surface area (Å²) in [7, 11) is -1.99. The number of halogens is 1. The molecule has 0 aliphatic heterocycles. The number of hydrogen-bond donors (Lipinski definition) is 0. The minimum absolute atomic E-state index is 0.0420. The van der Waals surface area contributed by atoms with Crippen LogP contribution in [0.4, 0.5) is 10.1 Å². The Kier molecular flexibility index (Phi) is 5.33. The maximum atomic E-state index is 13.1. The van der Waals surface area contributed by atoms with Crippen molar-refractivity contribution in [3.8, 4) is 11.4 Å². The van der Waals surface area contributed by atoms with Gasteiger partial charge in [0.05, 0.1) is 23.9 Å². The lowest BCUT2D eigenvalue weighted by Gasteiger charge is -2.36. The van der Waals surface area contributed by atoms with Crippen LogP contribution in [-0.4, -0.2) is 23.2 Å². The van der Waals surface area contributed by atoms with Gasteiger partial charge in [0.1, 0.15) is 0 Å². The van der Waals surface area contributed by atoms with E-state index in [1.807, 2.05) is 0 Å². The first-order valence-corrected chi connectivity index (χ1v) is 10.8. The average molecular weight is 363 g/mol. The molecule has 0 N–H and O–H groups in total. The first-order valence-electron chi connectivity index (χ1n) is 7.90. The van der Waals surface area contributed by atoms with E-state index in [4.69, 9.17) is 4.43 Å². The van der Waals surface area contributed by atoms with Crippen molar-refractivity contribution in [2.75, 3.05) is 0 Å². The van der Waals surface area contributed by atoms with Gasteiger partial charge in [0, 0.05) is 17.7 Å². The molecule has 1 aromatic heterocycles. The number of non-ortho nitro benzene ring substituents is 1. The predicted molar refractivity (Wildman–Crippen MR) is 96.1 cm³/mol. The molecule has 6 nitrogen and oxygen atoms in total. The van der Waals surface area contributed by atoms with Crippen LogP contribution in [0.1, 0.15) is 26.3 Å². The fourth-order valence-electron chi connectivity index (χ4n) is 1.94. The Morgan fingerprint density at radius 3 is 2.36 bits per heavy atom. The van der Waals surface area contributed by atoms with Gasteiger partial charge in [-0.05, 0) is 29.8 Å². The zero-order valence-corrected chi connectivity index (χ0v) is 16.0. The summed E-state index contributed by atoms with van der Waals surface area (Å²) in [5.41, 5.74) is 1.15. The van der Waals surface area contributed by atoms with Crippen molar-refractivity contribution < 1.29 is 13.7 Å². The molecule has 0 radical (unpaired) electrons. The third kappa shape index (κ3) is 4.46. The number of nitrogens with zero attached hydrogens (tertiary/aromatic N) is 3. The van der Waals surface area contributed by atoms with Gasteiger partial charge in [0.2, 0.25) is 0 Å². The highest BCUT2D eigenvalue weighted by molar-refractivity contribution is 6.74. The summed E-state index contributed by atoms with van der Waals surface area (Å²) >= 11 is 0. The van der Waals surface area contributed by atoms with Crippen molar-refractivity contribution in [3.05, 3.63) is 52.1 Å². The molecule has 1 heterocycles. The maximum absolute atomic E-state index is 13.1. The second-order valence-corrected chi connectivity index (χ2v) is 12.2. The lowest BCUT2D eigenvalue weighted by molar-refractivity contribution is -0.384. The van der Waals surface area contributed by atoms with Crippen molar-refractivity contribution in [1.82, 2.24) is 9.97 Å². The van der Waals surface area contributed by atoms with E-state index in [2.05, 4.69) is 43.8 Å². The van der Waals surface area contributed by atoms with E-state index < -0.39 is 19.1 Å². The number of benzene rings is 1. The topological polar surface area (TPSA) is 78.2 Å². The monoisotopic (exact) mass is 363 g/mol. The number of nitro groups is 1. The van der Waals surface area contributed by atoms with Gasteiger partial charge in [-0.3, -0.25) is 10.1 Å². The minimum atomic E-state index is -1.99. The van der Waals surface area contributed by atoms with Crippen LogP contribution in [0, 0.1) is 15.9 Å². The van der Waals surface area contributed by atoms with E-state index in [-0.39, 0.29) is 16.6 Å². The third-order valence-corrected chi connectivity index (χ3v) is 9.04. The van der Waals surface area contributed by atoms with Crippen LogP contribution in [0.25, 0.3) is 11.4 Å². The smallest absolute Gasteiger partial charge is 0.270 e. The normalized spacial score (nSPS) is 12.2. The van der Waals surface area contributed by atoms with Crippen LogP contribution < -0.4 is 0 Å². The number of aromatic nitrogens is 2. The van der Waals surface area contributed by atoms with Crippen molar-refractivity contribution in [2.24, 2.45) is 0 Å². The zero-order valence-electron chi connectivity index (χ0n) is 15.0. The first kappa shape index (κ1) is 19.1. The molecule has 0 amide bonds. The Hall–Kier alpha value is -2.19. The number of rotatable bonds is 5. The van der Waals surface area contributed by atoms with Gasteiger partial charge in [0.15, 0.2) is 20.0 Å². The number of hydrogen-bond acceptors (Lipinski definition) is 5. The summed E-state index contributed by atoms with van der Waals surface area (Å²) in [6, 6.07) is 4.47. The highest BCUT2D eigenvalue weighted by Crippen LogP contribution is 2.37. The van der Waals surface area contributed by atoms with E-state index in [0.717, 1.165) is 18.0 Å². The Morgan fingerprint density at radius 2 is 1.84 bits per heavy atom. The average Bonchev–Trinajstić information content (AvgIpc) is 2.52. The standard InChI is InChI=1S/C17H22FN3O3Si/c1-17(2,3)25(4,5)24-11-12-6-7-14(21(22)23)8-15(12)16-19-9-13(18)10-20-16/h6-10H,11H2,1-5H3. The molecular weight excluding hydrogens is 341 g/mol. The van der Waals surface area contributed by atoms with Crippen LogP contribution in [0.3, 0.4) is 0 Å². The summed E-state index contributed by atoms with van der Waals surface area (Å²) in [6.07, 6.45) is 2.08. The summed E-state index contributed by atoms with van der Waals surface area (Å²) in [6.45, 7) is 11.0. The Bertz CT molecular complexity index is 774. The summed E-state index contributed by atoms with van der Waals surface area (Å²) in [5.74, 6) is -0.327. The molecule has 0 fully saturated rings. The highest BCUT2D eigenvalue weighted by atomic mass is 28.4. The van der Waals surface area contributed by atoms with E-state index in [0.29, 0.717) is 12.2 Å². The Morgan fingerprint density at radius 1 is 1.24 bits per heavy atom. The Balaban J connectivity index is 2.40. The highest BCUT2D eigenvalue weighted by Gasteiger charge is 2.37. The molecule has 0 bridgehead atoms. The SMILES string of the molecule is CC(C)(C)[Si](C)(C)OCc1ccc([N+](=O)[O-])cc1-c1ncc(F)cn1. The molecule has 2 rings (SSSR count). The molecule has 8 heteroatoms. The van der Waals surface area contributed by atoms with E-state index in [1.165, 1.54) is 12.1 Å². The van der Waals surface area contributed by atoms with Gasteiger partial charge in [-0.25, -0.2) is 14.4 Å². The molecule has 0 saturated heterocycles. The molecule has 25 heavy (non-hydrogen) atoms. The van der Waals surface area contributed by atoms with Gasteiger partial charge in [-0.2, -0.15) is 0 Å². The number of nitro benzene ring substituents is 1. The van der Waals surface area contributed by atoms with Crippen LogP contribution in [0.15, 0.2) is 30.6 Å². The van der Waals surface area contributed by atoms with Gasteiger partial charge in [-0.15, -0.1) is 0 Å². The molecule has 2 aromatic rings. The first-order chi connectivity index (χ1) is 11.5. The third-order valence-electron chi connectivity index (χ3n) is 4.56. The van der Waals surface area contributed by atoms with Gasteiger partial charge in [-0.1, -0.05) is 20.8 Å². The van der Waals surface area contributed by atoms with Crippen molar-refractivity contribution >= 4 is 14.0 Å². The molecule has 0 aliphatic rings. The maximum Gasteiger partial charge on any atom is 0.270 e. The lowest BCUT2D eigenvalue weighted by atomic mass is 10.1. The molecule has 0 aliphatic carbocycles. The van der Waals surface area contributed by atoms with Crippen molar-refractivity contribution in [2.45, 2.75) is 45.5 Å². The summed E-state index contributed by atoms with van der Waals surface area (Å²) in [5, 5.41) is 11.1. The van der Waals surface area contributed by atoms with Crippen LogP contribution >= 0.6 is 0 Å². The molecule has 134 valence electrons. The molecule has 0 saturated carbocycles. The Labute approximate surface area is 147 Å². The van der Waals surface area contributed by atoms with Gasteiger partial charge >= 0.3 is 0 Å². The quantitative estimate of drug-likeness (QED) is 0.436. The van der Waals surface area contributed by atoms with E-state index in [1.54, 1.807) is 6.07 Å². The second kappa shape index (κ2) is 6.97. The minimum Gasteiger partial charge on any atom is -0.413 e. The van der Waals surface area contributed by atoms with Gasteiger partial charge in [0.25, 0.3) is 5.69 Å². The largest absolute Gasteiger partial charge is 0.413 e. The lowest BCUT2D eigenvalue weighted by Crippen LogP contribution is -2.40. The summed E-state index contributed by atoms with van der Waals surface area (Å²) < 4.78 is 19.3.